The first-order valence-electron chi connectivity index (χ1n) is 30.7. The lowest BCUT2D eigenvalue weighted by Crippen LogP contribution is -2.46. The Balaban J connectivity index is 4.62. The topological polar surface area (TPSA) is 95.9 Å². The van der Waals surface area contributed by atoms with Crippen LogP contribution in [0.25, 0.3) is 0 Å². The molecule has 0 aromatic carbocycles. The van der Waals surface area contributed by atoms with Gasteiger partial charge in [-0.2, -0.15) is 0 Å². The van der Waals surface area contributed by atoms with Gasteiger partial charge in [-0.15, -0.1) is 0 Å². The van der Waals surface area contributed by atoms with E-state index in [1.807, 2.05) is 0 Å². The summed E-state index contributed by atoms with van der Waals surface area (Å²) < 4.78 is 5.96. The molecule has 0 heterocycles. The zero-order valence-electron chi connectivity index (χ0n) is 47.1. The summed E-state index contributed by atoms with van der Waals surface area (Å²) in [6, 6.07) is -0.716. The number of hydrogen-bond donors (Lipinski definition) is 3. The fourth-order valence-electron chi connectivity index (χ4n) is 9.09. The zero-order chi connectivity index (χ0) is 51.6. The van der Waals surface area contributed by atoms with Crippen LogP contribution in [0.3, 0.4) is 0 Å². The third-order valence-electron chi connectivity index (χ3n) is 13.8. The molecule has 0 spiro atoms. The molecular weight excluding hydrogens is 875 g/mol. The van der Waals surface area contributed by atoms with Crippen LogP contribution >= 0.6 is 0 Å². The molecule has 0 saturated heterocycles. The van der Waals surface area contributed by atoms with Crippen molar-refractivity contribution in [1.29, 1.82) is 0 Å². The molecule has 0 aromatic rings. The summed E-state index contributed by atoms with van der Waals surface area (Å²) >= 11 is 0. The molecule has 0 radical (unpaired) electrons. The first-order valence-corrected chi connectivity index (χ1v) is 30.7. The van der Waals surface area contributed by atoms with Gasteiger partial charge in [0, 0.05) is 6.42 Å². The van der Waals surface area contributed by atoms with Crippen molar-refractivity contribution in [2.45, 2.75) is 322 Å². The summed E-state index contributed by atoms with van der Waals surface area (Å²) in [6.07, 6.45) is 75.3. The average molecular weight is 993 g/mol. The monoisotopic (exact) mass is 992 g/mol. The SMILES string of the molecule is CCCCC/C=C\C/C=C\C/C=C\CCCCCCCCC(=O)OC(CCCCCC/C=C\C/C=C\C/C=C\CCCCC)CC(=O)NC(CO)C(O)CCCCCCCCCCCCCCCCCC. The Hall–Kier alpha value is -2.70. The fraction of sp³-hybridized carbons (Fsp3) is 0.785. The molecule has 0 aromatic heterocycles. The highest BCUT2D eigenvalue weighted by atomic mass is 16.5. The maximum Gasteiger partial charge on any atom is 0.306 e. The Kier molecular flexibility index (Phi) is 56.0. The number of amides is 1. The van der Waals surface area contributed by atoms with Crippen molar-refractivity contribution >= 4 is 11.9 Å². The van der Waals surface area contributed by atoms with Gasteiger partial charge in [-0.05, 0) is 103 Å². The lowest BCUT2D eigenvalue weighted by Gasteiger charge is -2.24. The second kappa shape index (κ2) is 58.2. The Morgan fingerprint density at radius 2 is 0.718 bits per heavy atom. The predicted octanol–water partition coefficient (Wildman–Crippen LogP) is 19.3. The second-order valence-corrected chi connectivity index (χ2v) is 20.7. The van der Waals surface area contributed by atoms with E-state index < -0.39 is 18.2 Å². The molecule has 0 saturated carbocycles. The molecule has 71 heavy (non-hydrogen) atoms. The van der Waals surface area contributed by atoms with E-state index in [2.05, 4.69) is 99.0 Å². The van der Waals surface area contributed by atoms with Crippen molar-refractivity contribution in [1.82, 2.24) is 5.32 Å². The number of unbranched alkanes of at least 4 members (excludes halogenated alkanes) is 31. The van der Waals surface area contributed by atoms with Crippen LogP contribution in [0.15, 0.2) is 72.9 Å². The van der Waals surface area contributed by atoms with E-state index >= 15 is 0 Å². The molecule has 0 aliphatic carbocycles. The number of carbonyl (C=O) groups excluding carboxylic acids is 2. The summed E-state index contributed by atoms with van der Waals surface area (Å²) in [4.78, 5) is 26.4. The standard InChI is InChI=1S/C65H117NO5/c1-4-7-10-13-16-19-22-25-28-31-32-34-37-40-43-46-49-52-55-58-65(70)71-61(56-53-50-47-44-41-38-35-33-29-26-23-20-17-14-11-8-5-2)59-64(69)66-62(60-67)63(68)57-54-51-48-45-42-39-36-30-27-24-21-18-15-12-9-6-3/h16-17,19-20,25-26,28-29,32,34-35,38,61-63,67-68H,4-15,18,21-24,27,30-31,33,36-37,39-60H2,1-3H3,(H,66,69)/b19-16-,20-17-,28-25-,29-26-,34-32-,38-35-. The third-order valence-corrected chi connectivity index (χ3v) is 13.8. The van der Waals surface area contributed by atoms with Crippen LogP contribution in [0.1, 0.15) is 303 Å². The molecule has 0 fully saturated rings. The third kappa shape index (κ3) is 53.4. The molecule has 6 nitrogen and oxygen atoms in total. The van der Waals surface area contributed by atoms with E-state index in [4.69, 9.17) is 4.74 Å². The Morgan fingerprint density at radius 3 is 1.11 bits per heavy atom. The van der Waals surface area contributed by atoms with E-state index in [0.717, 1.165) is 103 Å². The number of carbonyl (C=O) groups is 2. The summed E-state index contributed by atoms with van der Waals surface area (Å²) in [6.45, 7) is 6.45. The molecule has 0 bridgehead atoms. The van der Waals surface area contributed by atoms with Gasteiger partial charge in [0.2, 0.25) is 5.91 Å². The van der Waals surface area contributed by atoms with Gasteiger partial charge in [0.25, 0.3) is 0 Å². The van der Waals surface area contributed by atoms with Crippen molar-refractivity contribution < 1.29 is 24.5 Å². The van der Waals surface area contributed by atoms with Crippen molar-refractivity contribution in [2.24, 2.45) is 0 Å². The zero-order valence-corrected chi connectivity index (χ0v) is 47.1. The van der Waals surface area contributed by atoms with Crippen molar-refractivity contribution in [3.05, 3.63) is 72.9 Å². The number of esters is 1. The van der Waals surface area contributed by atoms with E-state index in [1.165, 1.54) is 154 Å². The number of allylic oxidation sites excluding steroid dienone is 12. The minimum absolute atomic E-state index is 0.0557. The maximum atomic E-state index is 13.3. The molecule has 3 unspecified atom stereocenters. The number of hydrogen-bond acceptors (Lipinski definition) is 5. The number of rotatable bonds is 55. The molecule has 0 aliphatic rings. The van der Waals surface area contributed by atoms with Gasteiger partial charge in [0.1, 0.15) is 6.10 Å². The number of nitrogens with one attached hydrogen (secondary N) is 1. The Morgan fingerprint density at radius 1 is 0.408 bits per heavy atom. The van der Waals surface area contributed by atoms with Gasteiger partial charge in [0.05, 0.1) is 25.2 Å². The highest BCUT2D eigenvalue weighted by molar-refractivity contribution is 5.77. The van der Waals surface area contributed by atoms with E-state index in [1.54, 1.807) is 0 Å². The van der Waals surface area contributed by atoms with E-state index in [-0.39, 0.29) is 24.9 Å². The lowest BCUT2D eigenvalue weighted by molar-refractivity contribution is -0.151. The summed E-state index contributed by atoms with van der Waals surface area (Å²) in [7, 11) is 0. The quantitative estimate of drug-likeness (QED) is 0.0321. The highest BCUT2D eigenvalue weighted by Gasteiger charge is 2.24. The van der Waals surface area contributed by atoms with Crippen LogP contribution in [0.2, 0.25) is 0 Å². The summed E-state index contributed by atoms with van der Waals surface area (Å²) in [5.74, 6) is -0.503. The normalized spacial score (nSPS) is 13.6. The van der Waals surface area contributed by atoms with E-state index in [0.29, 0.717) is 19.3 Å². The van der Waals surface area contributed by atoms with Gasteiger partial charge in [-0.1, -0.05) is 261 Å². The van der Waals surface area contributed by atoms with Crippen molar-refractivity contribution in [3.63, 3.8) is 0 Å². The van der Waals surface area contributed by atoms with Crippen LogP contribution in [0, 0.1) is 0 Å². The molecule has 0 aliphatic heterocycles. The second-order valence-electron chi connectivity index (χ2n) is 20.7. The van der Waals surface area contributed by atoms with E-state index in [9.17, 15) is 19.8 Å². The van der Waals surface area contributed by atoms with Crippen molar-refractivity contribution in [3.8, 4) is 0 Å². The molecule has 0 rings (SSSR count). The minimum atomic E-state index is -0.801. The number of aliphatic hydroxyl groups excluding tert-OH is 2. The van der Waals surface area contributed by atoms with Gasteiger partial charge in [0.15, 0.2) is 0 Å². The molecule has 3 atom stereocenters. The lowest BCUT2D eigenvalue weighted by atomic mass is 10.0. The van der Waals surface area contributed by atoms with Crippen LogP contribution < -0.4 is 5.32 Å². The molecule has 412 valence electrons. The Bertz CT molecular complexity index is 1300. The molecular formula is C65H117NO5. The van der Waals surface area contributed by atoms with Gasteiger partial charge < -0.3 is 20.3 Å². The van der Waals surface area contributed by atoms with Gasteiger partial charge in [-0.25, -0.2) is 0 Å². The first kappa shape index (κ1) is 68.3. The predicted molar refractivity (Wildman–Crippen MR) is 310 cm³/mol. The smallest absolute Gasteiger partial charge is 0.306 e. The summed E-state index contributed by atoms with van der Waals surface area (Å²) in [5, 5.41) is 23.9. The molecule has 6 heteroatoms. The number of aliphatic hydroxyl groups is 2. The summed E-state index contributed by atoms with van der Waals surface area (Å²) in [5.41, 5.74) is 0. The number of ether oxygens (including phenoxy) is 1. The fourth-order valence-corrected chi connectivity index (χ4v) is 9.09. The van der Waals surface area contributed by atoms with Crippen LogP contribution in [-0.4, -0.2) is 46.9 Å². The average Bonchev–Trinajstić information content (AvgIpc) is 3.36. The van der Waals surface area contributed by atoms with Gasteiger partial charge >= 0.3 is 5.97 Å². The highest BCUT2D eigenvalue weighted by Crippen LogP contribution is 2.18. The van der Waals surface area contributed by atoms with Crippen LogP contribution in [-0.2, 0) is 14.3 Å². The first-order chi connectivity index (χ1) is 35.0. The molecule has 1 amide bonds. The van der Waals surface area contributed by atoms with Crippen LogP contribution in [0.4, 0.5) is 0 Å². The largest absolute Gasteiger partial charge is 0.462 e. The molecule has 3 N–H and O–H groups in total. The maximum absolute atomic E-state index is 13.3. The van der Waals surface area contributed by atoms with Crippen LogP contribution in [0.5, 0.6) is 0 Å². The van der Waals surface area contributed by atoms with Gasteiger partial charge in [-0.3, -0.25) is 9.59 Å². The minimum Gasteiger partial charge on any atom is -0.462 e. The van der Waals surface area contributed by atoms with Crippen molar-refractivity contribution in [2.75, 3.05) is 6.61 Å². The Labute approximate surface area is 441 Å².